The van der Waals surface area contributed by atoms with E-state index in [-0.39, 0.29) is 5.82 Å². The Kier molecular flexibility index (Phi) is 3.85. The van der Waals surface area contributed by atoms with Gasteiger partial charge in [-0.25, -0.2) is 4.39 Å². The Labute approximate surface area is 109 Å². The molecule has 0 aromatic heterocycles. The molecule has 0 saturated carbocycles. The summed E-state index contributed by atoms with van der Waals surface area (Å²) >= 11 is 1.51. The number of halogens is 1. The summed E-state index contributed by atoms with van der Waals surface area (Å²) in [5.74, 6) is 0.211. The monoisotopic (exact) mass is 258 g/mol. The van der Waals surface area contributed by atoms with Crippen LogP contribution < -0.4 is 5.73 Å². The molecule has 0 radical (unpaired) electrons. The molecule has 2 nitrogen and oxygen atoms in total. The number of hydrogen-bond donors (Lipinski definition) is 1. The minimum atomic E-state index is -0.281. The fourth-order valence-corrected chi connectivity index (χ4v) is 2.35. The number of benzene rings is 2. The van der Waals surface area contributed by atoms with Gasteiger partial charge in [0.05, 0.1) is 11.6 Å². The van der Waals surface area contributed by atoms with Crippen LogP contribution in [0.3, 0.4) is 0 Å². The highest BCUT2D eigenvalue weighted by Crippen LogP contribution is 2.25. The molecule has 90 valence electrons. The maximum Gasteiger partial charge on any atom is 0.127 e. The number of rotatable bonds is 3. The van der Waals surface area contributed by atoms with E-state index in [1.54, 1.807) is 6.07 Å². The van der Waals surface area contributed by atoms with E-state index in [2.05, 4.69) is 0 Å². The zero-order chi connectivity index (χ0) is 13.0. The predicted octanol–water partition coefficient (Wildman–Crippen LogP) is 3.57. The Morgan fingerprint density at radius 2 is 1.89 bits per heavy atom. The lowest BCUT2D eigenvalue weighted by molar-refractivity contribution is 0.617. The summed E-state index contributed by atoms with van der Waals surface area (Å²) < 4.78 is 13.5. The van der Waals surface area contributed by atoms with Crippen molar-refractivity contribution < 1.29 is 4.39 Å². The highest BCUT2D eigenvalue weighted by molar-refractivity contribution is 7.98. The molecule has 0 heterocycles. The van der Waals surface area contributed by atoms with Crippen molar-refractivity contribution in [2.24, 2.45) is 0 Å². The second-order valence-electron chi connectivity index (χ2n) is 3.78. The van der Waals surface area contributed by atoms with Gasteiger partial charge in [-0.3, -0.25) is 0 Å². The van der Waals surface area contributed by atoms with Crippen molar-refractivity contribution in [3.05, 3.63) is 59.4 Å². The Bertz CT molecular complexity index is 588. The minimum Gasteiger partial charge on any atom is -0.399 e. The van der Waals surface area contributed by atoms with Crippen molar-refractivity contribution in [1.82, 2.24) is 0 Å². The van der Waals surface area contributed by atoms with Crippen LogP contribution in [0.2, 0.25) is 0 Å². The van der Waals surface area contributed by atoms with E-state index in [1.165, 1.54) is 23.9 Å². The molecule has 4 heteroatoms. The molecule has 2 aromatic carbocycles. The van der Waals surface area contributed by atoms with E-state index >= 15 is 0 Å². The van der Waals surface area contributed by atoms with Crippen LogP contribution in [-0.4, -0.2) is 0 Å². The predicted molar refractivity (Wildman–Crippen MR) is 71.5 cm³/mol. The van der Waals surface area contributed by atoms with E-state index in [1.807, 2.05) is 30.3 Å². The van der Waals surface area contributed by atoms with Gasteiger partial charge in [0.15, 0.2) is 0 Å². The molecule has 18 heavy (non-hydrogen) atoms. The molecule has 0 saturated heterocycles. The maximum atomic E-state index is 13.5. The van der Waals surface area contributed by atoms with Gasteiger partial charge in [-0.05, 0) is 48.0 Å². The first kappa shape index (κ1) is 12.5. The van der Waals surface area contributed by atoms with Crippen molar-refractivity contribution in [2.75, 3.05) is 5.73 Å². The standard InChI is InChI=1S/C14H11FN2S/c15-14-6-1-10(8-16)7-11(14)9-18-13-4-2-12(17)3-5-13/h1-7H,9,17H2. The van der Waals surface area contributed by atoms with Gasteiger partial charge in [-0.15, -0.1) is 11.8 Å². The van der Waals surface area contributed by atoms with Crippen molar-refractivity contribution in [3.63, 3.8) is 0 Å². The van der Waals surface area contributed by atoms with Gasteiger partial charge in [-0.2, -0.15) is 5.26 Å². The third-order valence-corrected chi connectivity index (χ3v) is 3.51. The molecule has 0 amide bonds. The summed E-state index contributed by atoms with van der Waals surface area (Å²) in [6.45, 7) is 0. The van der Waals surface area contributed by atoms with Gasteiger partial charge in [0.1, 0.15) is 5.82 Å². The van der Waals surface area contributed by atoms with Crippen molar-refractivity contribution in [3.8, 4) is 6.07 Å². The van der Waals surface area contributed by atoms with E-state index < -0.39 is 0 Å². The summed E-state index contributed by atoms with van der Waals surface area (Å²) in [5, 5.41) is 8.78. The summed E-state index contributed by atoms with van der Waals surface area (Å²) in [4.78, 5) is 1.02. The molecule has 0 spiro atoms. The molecular weight excluding hydrogens is 247 g/mol. The summed E-state index contributed by atoms with van der Waals surface area (Å²) in [6.07, 6.45) is 0. The molecule has 0 aliphatic carbocycles. The van der Waals surface area contributed by atoms with Crippen LogP contribution in [0, 0.1) is 17.1 Å². The van der Waals surface area contributed by atoms with Gasteiger partial charge in [0, 0.05) is 16.3 Å². The van der Waals surface area contributed by atoms with Crippen molar-refractivity contribution in [1.29, 1.82) is 5.26 Å². The lowest BCUT2D eigenvalue weighted by atomic mass is 10.1. The molecular formula is C14H11FN2S. The van der Waals surface area contributed by atoms with Crippen molar-refractivity contribution >= 4 is 17.4 Å². The number of nitrogens with zero attached hydrogens (tertiary/aromatic N) is 1. The second kappa shape index (κ2) is 5.56. The number of thioether (sulfide) groups is 1. The zero-order valence-corrected chi connectivity index (χ0v) is 10.4. The fraction of sp³-hybridized carbons (Fsp3) is 0.0714. The summed E-state index contributed by atoms with van der Waals surface area (Å²) in [7, 11) is 0. The highest BCUT2D eigenvalue weighted by Gasteiger charge is 2.04. The maximum absolute atomic E-state index is 13.5. The molecule has 0 atom stereocenters. The molecule has 2 N–H and O–H groups in total. The van der Waals surface area contributed by atoms with Crippen LogP contribution in [0.5, 0.6) is 0 Å². The molecule has 0 unspecified atom stereocenters. The molecule has 0 aliphatic heterocycles. The summed E-state index contributed by atoms with van der Waals surface area (Å²) in [5.41, 5.74) is 7.31. The number of nitrogens with two attached hydrogens (primary N) is 1. The van der Waals surface area contributed by atoms with Crippen LogP contribution in [0.4, 0.5) is 10.1 Å². The van der Waals surface area contributed by atoms with E-state index in [4.69, 9.17) is 11.0 Å². The first-order valence-corrected chi connectivity index (χ1v) is 6.34. The molecule has 2 aromatic rings. The molecule has 2 rings (SSSR count). The number of hydrogen-bond acceptors (Lipinski definition) is 3. The lowest BCUT2D eigenvalue weighted by Crippen LogP contribution is -1.89. The van der Waals surface area contributed by atoms with Crippen molar-refractivity contribution in [2.45, 2.75) is 10.6 Å². The van der Waals surface area contributed by atoms with Gasteiger partial charge in [0.25, 0.3) is 0 Å². The third kappa shape index (κ3) is 3.02. The van der Waals surface area contributed by atoms with Gasteiger partial charge in [0.2, 0.25) is 0 Å². The van der Waals surface area contributed by atoms with Crippen LogP contribution in [-0.2, 0) is 5.75 Å². The number of nitrogen functional groups attached to an aromatic ring is 1. The normalized spacial score (nSPS) is 10.0. The number of nitriles is 1. The quantitative estimate of drug-likeness (QED) is 0.676. The van der Waals surface area contributed by atoms with Crippen LogP contribution >= 0.6 is 11.8 Å². The van der Waals surface area contributed by atoms with Gasteiger partial charge < -0.3 is 5.73 Å². The largest absolute Gasteiger partial charge is 0.399 e. The minimum absolute atomic E-state index is 0.281. The number of anilines is 1. The average Bonchev–Trinajstić information content (AvgIpc) is 2.40. The zero-order valence-electron chi connectivity index (χ0n) is 9.56. The van der Waals surface area contributed by atoms with Crippen LogP contribution in [0.1, 0.15) is 11.1 Å². The van der Waals surface area contributed by atoms with E-state index in [0.29, 0.717) is 22.6 Å². The average molecular weight is 258 g/mol. The third-order valence-electron chi connectivity index (χ3n) is 2.45. The van der Waals surface area contributed by atoms with E-state index in [0.717, 1.165) is 4.90 Å². The lowest BCUT2D eigenvalue weighted by Gasteiger charge is -2.04. The molecule has 0 aliphatic rings. The highest BCUT2D eigenvalue weighted by atomic mass is 32.2. The first-order valence-electron chi connectivity index (χ1n) is 5.36. The molecule has 0 fully saturated rings. The Morgan fingerprint density at radius 3 is 2.56 bits per heavy atom. The summed E-state index contributed by atoms with van der Waals surface area (Å²) in [6, 6.07) is 13.8. The van der Waals surface area contributed by atoms with Gasteiger partial charge >= 0.3 is 0 Å². The molecule has 0 bridgehead atoms. The van der Waals surface area contributed by atoms with Crippen LogP contribution in [0.15, 0.2) is 47.4 Å². The SMILES string of the molecule is N#Cc1ccc(F)c(CSc2ccc(N)cc2)c1. The first-order chi connectivity index (χ1) is 8.69. The van der Waals surface area contributed by atoms with Crippen LogP contribution in [0.25, 0.3) is 0 Å². The van der Waals surface area contributed by atoms with Gasteiger partial charge in [-0.1, -0.05) is 0 Å². The topological polar surface area (TPSA) is 49.8 Å². The fourth-order valence-electron chi connectivity index (χ4n) is 1.48. The van der Waals surface area contributed by atoms with E-state index in [9.17, 15) is 4.39 Å². The smallest absolute Gasteiger partial charge is 0.127 e. The Hall–Kier alpha value is -1.99. The Balaban J connectivity index is 2.10. The second-order valence-corrected chi connectivity index (χ2v) is 4.82. The Morgan fingerprint density at radius 1 is 1.17 bits per heavy atom.